The summed E-state index contributed by atoms with van der Waals surface area (Å²) in [6.45, 7) is 0. The summed E-state index contributed by atoms with van der Waals surface area (Å²) in [5.74, 6) is 0.680. The van der Waals surface area contributed by atoms with Gasteiger partial charge in [-0.2, -0.15) is 0 Å². The van der Waals surface area contributed by atoms with Crippen molar-refractivity contribution >= 4 is 16.7 Å². The second kappa shape index (κ2) is 4.28. The van der Waals surface area contributed by atoms with Crippen molar-refractivity contribution in [1.82, 2.24) is 19.2 Å². The maximum atomic E-state index is 12.4. The highest BCUT2D eigenvalue weighted by Crippen LogP contribution is 2.21. The molecule has 102 valence electrons. The SMILES string of the molecule is Cn1c(=O)c2nnc(-c3ccccc3)n2c2ccccc21. The van der Waals surface area contributed by atoms with Gasteiger partial charge < -0.3 is 4.57 Å². The predicted octanol–water partition coefficient (Wildman–Crippen LogP) is 2.25. The van der Waals surface area contributed by atoms with Crippen LogP contribution in [0.25, 0.3) is 28.1 Å². The number of nitrogens with zero attached hydrogens (tertiary/aromatic N) is 4. The summed E-state index contributed by atoms with van der Waals surface area (Å²) in [5.41, 5.74) is 2.90. The Balaban J connectivity index is 2.24. The molecule has 0 unspecified atom stereocenters. The minimum atomic E-state index is -0.150. The number of hydrogen-bond acceptors (Lipinski definition) is 3. The summed E-state index contributed by atoms with van der Waals surface area (Å²) in [5, 5.41) is 8.30. The van der Waals surface area contributed by atoms with E-state index in [0.29, 0.717) is 11.5 Å². The van der Waals surface area contributed by atoms with Crippen molar-refractivity contribution < 1.29 is 0 Å². The van der Waals surface area contributed by atoms with E-state index in [1.165, 1.54) is 0 Å². The van der Waals surface area contributed by atoms with Crippen LogP contribution in [0.1, 0.15) is 0 Å². The highest BCUT2D eigenvalue weighted by molar-refractivity contribution is 5.80. The fourth-order valence-corrected chi connectivity index (χ4v) is 2.62. The molecule has 0 spiro atoms. The third-order valence-electron chi connectivity index (χ3n) is 3.67. The zero-order valence-electron chi connectivity index (χ0n) is 11.4. The van der Waals surface area contributed by atoms with Gasteiger partial charge in [0.1, 0.15) is 0 Å². The van der Waals surface area contributed by atoms with Crippen molar-refractivity contribution in [2.45, 2.75) is 0 Å². The van der Waals surface area contributed by atoms with E-state index >= 15 is 0 Å². The van der Waals surface area contributed by atoms with Gasteiger partial charge in [-0.3, -0.25) is 9.20 Å². The molecule has 5 nitrogen and oxygen atoms in total. The van der Waals surface area contributed by atoms with E-state index in [1.54, 1.807) is 11.6 Å². The molecule has 0 saturated carbocycles. The molecule has 0 aliphatic carbocycles. The first-order valence-electron chi connectivity index (χ1n) is 6.65. The third kappa shape index (κ3) is 1.61. The van der Waals surface area contributed by atoms with E-state index in [4.69, 9.17) is 0 Å². The van der Waals surface area contributed by atoms with Crippen molar-refractivity contribution in [2.24, 2.45) is 7.05 Å². The monoisotopic (exact) mass is 276 g/mol. The molecule has 4 aromatic rings. The molecule has 0 aliphatic rings. The molecule has 0 radical (unpaired) electrons. The minimum Gasteiger partial charge on any atom is -0.307 e. The molecule has 21 heavy (non-hydrogen) atoms. The fourth-order valence-electron chi connectivity index (χ4n) is 2.62. The van der Waals surface area contributed by atoms with Crippen LogP contribution >= 0.6 is 0 Å². The van der Waals surface area contributed by atoms with Crippen LogP contribution in [-0.4, -0.2) is 19.2 Å². The van der Waals surface area contributed by atoms with Crippen LogP contribution in [0.3, 0.4) is 0 Å². The molecule has 0 fully saturated rings. The molecule has 0 atom stereocenters. The van der Waals surface area contributed by atoms with Crippen LogP contribution in [0.15, 0.2) is 59.4 Å². The molecule has 5 heteroatoms. The Morgan fingerprint density at radius 1 is 0.857 bits per heavy atom. The van der Waals surface area contributed by atoms with Crippen molar-refractivity contribution in [1.29, 1.82) is 0 Å². The Hall–Kier alpha value is -2.95. The highest BCUT2D eigenvalue weighted by atomic mass is 16.1. The van der Waals surface area contributed by atoms with E-state index in [0.717, 1.165) is 16.6 Å². The van der Waals surface area contributed by atoms with Crippen LogP contribution in [-0.2, 0) is 7.05 Å². The first kappa shape index (κ1) is 11.8. The van der Waals surface area contributed by atoms with Gasteiger partial charge in [-0.25, -0.2) is 0 Å². The minimum absolute atomic E-state index is 0.150. The zero-order chi connectivity index (χ0) is 14.4. The van der Waals surface area contributed by atoms with Gasteiger partial charge in [0.15, 0.2) is 5.82 Å². The maximum absolute atomic E-state index is 12.4. The van der Waals surface area contributed by atoms with Gasteiger partial charge in [0.25, 0.3) is 5.56 Å². The maximum Gasteiger partial charge on any atom is 0.296 e. The van der Waals surface area contributed by atoms with Crippen LogP contribution in [0.4, 0.5) is 0 Å². The quantitative estimate of drug-likeness (QED) is 0.536. The summed E-state index contributed by atoms with van der Waals surface area (Å²) in [4.78, 5) is 12.4. The van der Waals surface area contributed by atoms with E-state index < -0.39 is 0 Å². The van der Waals surface area contributed by atoms with Crippen LogP contribution in [0, 0.1) is 0 Å². The van der Waals surface area contributed by atoms with Gasteiger partial charge in [0, 0.05) is 12.6 Å². The highest BCUT2D eigenvalue weighted by Gasteiger charge is 2.15. The van der Waals surface area contributed by atoms with E-state index in [-0.39, 0.29) is 5.56 Å². The van der Waals surface area contributed by atoms with Gasteiger partial charge >= 0.3 is 0 Å². The van der Waals surface area contributed by atoms with Crippen LogP contribution in [0.5, 0.6) is 0 Å². The van der Waals surface area contributed by atoms with Crippen molar-refractivity contribution in [2.75, 3.05) is 0 Å². The first-order valence-corrected chi connectivity index (χ1v) is 6.65. The molecule has 0 saturated heterocycles. The van der Waals surface area contributed by atoms with E-state index in [9.17, 15) is 4.79 Å². The normalized spacial score (nSPS) is 11.3. The van der Waals surface area contributed by atoms with Crippen molar-refractivity contribution in [3.63, 3.8) is 0 Å². The van der Waals surface area contributed by atoms with Crippen LogP contribution in [0.2, 0.25) is 0 Å². The molecular formula is C16H12N4O. The molecule has 0 bridgehead atoms. The molecule has 0 N–H and O–H groups in total. The average molecular weight is 276 g/mol. The summed E-state index contributed by atoms with van der Waals surface area (Å²) < 4.78 is 3.43. The van der Waals surface area contributed by atoms with Gasteiger partial charge in [-0.1, -0.05) is 42.5 Å². The number of aryl methyl sites for hydroxylation is 1. The summed E-state index contributed by atoms with van der Waals surface area (Å²) in [6, 6.07) is 17.5. The fraction of sp³-hybridized carbons (Fsp3) is 0.0625. The lowest BCUT2D eigenvalue weighted by atomic mass is 10.2. The Bertz CT molecular complexity index is 1010. The smallest absolute Gasteiger partial charge is 0.296 e. The molecule has 4 rings (SSSR count). The number of fused-ring (bicyclic) bond motifs is 3. The second-order valence-electron chi connectivity index (χ2n) is 4.90. The molecule has 2 aromatic heterocycles. The van der Waals surface area contributed by atoms with Crippen LogP contribution < -0.4 is 5.56 Å². The number of rotatable bonds is 1. The Morgan fingerprint density at radius 2 is 1.52 bits per heavy atom. The largest absolute Gasteiger partial charge is 0.307 e. The van der Waals surface area contributed by atoms with Gasteiger partial charge in [0.2, 0.25) is 5.65 Å². The van der Waals surface area contributed by atoms with Gasteiger partial charge in [-0.05, 0) is 12.1 Å². The number of benzene rings is 2. The summed E-state index contributed by atoms with van der Waals surface area (Å²) in [7, 11) is 1.75. The van der Waals surface area contributed by atoms with Crippen molar-refractivity contribution in [3.8, 4) is 11.4 Å². The number of hydrogen-bond donors (Lipinski definition) is 0. The third-order valence-corrected chi connectivity index (χ3v) is 3.67. The Kier molecular flexibility index (Phi) is 2.41. The Morgan fingerprint density at radius 3 is 2.29 bits per heavy atom. The first-order chi connectivity index (χ1) is 10.3. The summed E-state index contributed by atoms with van der Waals surface area (Å²) in [6.07, 6.45) is 0. The Labute approximate surface area is 120 Å². The van der Waals surface area contributed by atoms with Gasteiger partial charge in [-0.15, -0.1) is 10.2 Å². The lowest BCUT2D eigenvalue weighted by Gasteiger charge is -2.08. The number of aromatic nitrogens is 4. The molecule has 0 amide bonds. The topological polar surface area (TPSA) is 52.2 Å². The van der Waals surface area contributed by atoms with E-state index in [1.807, 2.05) is 59.0 Å². The molecule has 0 aliphatic heterocycles. The molecular weight excluding hydrogens is 264 g/mol. The average Bonchev–Trinajstić information content (AvgIpc) is 2.99. The second-order valence-corrected chi connectivity index (χ2v) is 4.90. The number of para-hydroxylation sites is 2. The standard InChI is InChI=1S/C16H12N4O/c1-19-12-9-5-6-10-13(12)20-14(11-7-3-2-4-8-11)17-18-15(20)16(19)21/h2-10H,1H3. The lowest BCUT2D eigenvalue weighted by molar-refractivity contribution is 0.894. The van der Waals surface area contributed by atoms with Gasteiger partial charge in [0.05, 0.1) is 11.0 Å². The van der Waals surface area contributed by atoms with Crippen molar-refractivity contribution in [3.05, 3.63) is 65.0 Å². The zero-order valence-corrected chi connectivity index (χ0v) is 11.4. The molecule has 2 heterocycles. The van der Waals surface area contributed by atoms with E-state index in [2.05, 4.69) is 10.2 Å². The predicted molar refractivity (Wildman–Crippen MR) is 81.2 cm³/mol. The lowest BCUT2D eigenvalue weighted by Crippen LogP contribution is -2.20. The summed E-state index contributed by atoms with van der Waals surface area (Å²) >= 11 is 0. The molecule has 2 aromatic carbocycles.